The molecule has 2 unspecified atom stereocenters. The molecule has 4 aromatic carbocycles. The third-order valence-corrected chi connectivity index (χ3v) is 11.6. The number of nitrogens with one attached hydrogen (secondary N) is 2. The molecule has 3 N–H and O–H groups in total. The highest BCUT2D eigenvalue weighted by atomic mass is 16.7. The lowest BCUT2D eigenvalue weighted by Crippen LogP contribution is -2.47. The number of nitrogens with zero attached hydrogens (tertiary/aromatic N) is 1. The van der Waals surface area contributed by atoms with Gasteiger partial charge in [0.15, 0.2) is 6.29 Å². The van der Waals surface area contributed by atoms with E-state index in [2.05, 4.69) is 72.7 Å². The van der Waals surface area contributed by atoms with Gasteiger partial charge in [-0.05, 0) is 63.5 Å². The zero-order valence-electron chi connectivity index (χ0n) is 32.5. The van der Waals surface area contributed by atoms with Crippen LogP contribution in [0.2, 0.25) is 0 Å². The number of methoxy groups -OCH3 is 1. The smallest absolute Gasteiger partial charge is 0.328 e. The topological polar surface area (TPSA) is 109 Å². The summed E-state index contributed by atoms with van der Waals surface area (Å²) in [6.07, 6.45) is 4.12. The molecule has 9 heteroatoms. The summed E-state index contributed by atoms with van der Waals surface area (Å²) in [7, 11) is 1.32. The Morgan fingerprint density at radius 3 is 2.31 bits per heavy atom. The monoisotopic (exact) mass is 745 g/mol. The van der Waals surface area contributed by atoms with Gasteiger partial charge in [-0.15, -0.1) is 0 Å². The SMILES string of the molecule is COC(=O)[C@H](Cc1ccccc1)NC(=O)NCc1ccccc1-c1ccc([C@H]2O[C@@H](CN3CC4(C)CC3CC(C)(C)C4)C[C@@H](c3ccc(CO)cc3)O2)cc1. The average molecular weight is 746 g/mol. The normalized spacial score (nSPS) is 25.2. The molecule has 2 saturated heterocycles. The van der Waals surface area contributed by atoms with Gasteiger partial charge < -0.3 is 30.0 Å². The number of hydrogen-bond acceptors (Lipinski definition) is 7. The summed E-state index contributed by atoms with van der Waals surface area (Å²) in [5.41, 5.74) is 7.45. The Balaban J connectivity index is 1.04. The zero-order chi connectivity index (χ0) is 38.6. The Kier molecular flexibility index (Phi) is 11.7. The maximum Gasteiger partial charge on any atom is 0.328 e. The lowest BCUT2D eigenvalue weighted by molar-refractivity contribution is -0.253. The molecule has 0 aromatic heterocycles. The van der Waals surface area contributed by atoms with E-state index in [-0.39, 0.29) is 25.4 Å². The Labute approximate surface area is 325 Å². The predicted octanol–water partition coefficient (Wildman–Crippen LogP) is 7.88. The first-order valence-electron chi connectivity index (χ1n) is 19.6. The molecule has 7 rings (SSSR count). The standard InChI is InChI=1S/C46H55N3O6/c1-45(2)24-37-25-46(3,29-45)30-49(37)27-38-23-41(34-16-14-32(28-50)15-17-34)55-43(54-38)35-20-18-33(19-21-35)39-13-9-8-12-36(39)26-47-44(52)48-40(42(51)53-4)22-31-10-6-5-7-11-31/h5-21,37-38,40-41,43,50H,22-30H2,1-4H3,(H2,47,48,52)/t37?,38-,40+,41+,43+,46?/m1/s1. The number of benzene rings is 4. The van der Waals surface area contributed by atoms with E-state index in [9.17, 15) is 14.7 Å². The fourth-order valence-electron chi connectivity index (χ4n) is 9.43. The van der Waals surface area contributed by atoms with Crippen LogP contribution in [-0.2, 0) is 38.6 Å². The number of carbonyl (C=O) groups is 2. The van der Waals surface area contributed by atoms with Crippen molar-refractivity contribution in [3.05, 3.63) is 131 Å². The van der Waals surface area contributed by atoms with E-state index in [1.54, 1.807) is 0 Å². The van der Waals surface area contributed by atoms with Crippen molar-refractivity contribution < 1.29 is 28.9 Å². The van der Waals surface area contributed by atoms with Crippen molar-refractivity contribution in [3.63, 3.8) is 0 Å². The van der Waals surface area contributed by atoms with Crippen molar-refractivity contribution in [1.29, 1.82) is 0 Å². The zero-order valence-corrected chi connectivity index (χ0v) is 32.5. The number of carbonyl (C=O) groups excluding carboxylic acids is 2. The lowest BCUT2D eigenvalue weighted by atomic mass is 9.65. The molecule has 3 fully saturated rings. The van der Waals surface area contributed by atoms with Crippen molar-refractivity contribution >= 4 is 12.0 Å². The second kappa shape index (κ2) is 16.7. The molecule has 0 radical (unpaired) electrons. The van der Waals surface area contributed by atoms with Gasteiger partial charge in [0.05, 0.1) is 25.9 Å². The van der Waals surface area contributed by atoms with Gasteiger partial charge in [0.2, 0.25) is 0 Å². The predicted molar refractivity (Wildman–Crippen MR) is 213 cm³/mol. The van der Waals surface area contributed by atoms with Crippen LogP contribution in [0.1, 0.15) is 86.7 Å². The lowest BCUT2D eigenvalue weighted by Gasteiger charge is -2.41. The van der Waals surface area contributed by atoms with Gasteiger partial charge in [-0.2, -0.15) is 0 Å². The molecule has 2 amide bonds. The summed E-state index contributed by atoms with van der Waals surface area (Å²) in [6.45, 7) is 9.54. The minimum absolute atomic E-state index is 0.00331. The van der Waals surface area contributed by atoms with Crippen LogP contribution in [0.25, 0.3) is 11.1 Å². The summed E-state index contributed by atoms with van der Waals surface area (Å²) >= 11 is 0. The number of esters is 1. The van der Waals surface area contributed by atoms with Crippen LogP contribution in [0.3, 0.4) is 0 Å². The Morgan fingerprint density at radius 1 is 0.873 bits per heavy atom. The quantitative estimate of drug-likeness (QED) is 0.127. The molecule has 55 heavy (non-hydrogen) atoms. The maximum absolute atomic E-state index is 13.0. The summed E-state index contributed by atoms with van der Waals surface area (Å²) < 4.78 is 18.5. The van der Waals surface area contributed by atoms with Gasteiger partial charge in [0, 0.05) is 44.1 Å². The van der Waals surface area contributed by atoms with Crippen molar-refractivity contribution in [1.82, 2.24) is 15.5 Å². The first kappa shape index (κ1) is 38.7. The molecule has 2 heterocycles. The second-order valence-electron chi connectivity index (χ2n) is 16.9. The number of likely N-dealkylation sites (tertiary alicyclic amines) is 1. The van der Waals surface area contributed by atoms with Crippen LogP contribution in [0.4, 0.5) is 4.79 Å². The summed E-state index contributed by atoms with van der Waals surface area (Å²) in [5, 5.41) is 15.4. The van der Waals surface area contributed by atoms with E-state index in [1.807, 2.05) is 66.7 Å². The molecular weight excluding hydrogens is 691 g/mol. The van der Waals surface area contributed by atoms with Gasteiger partial charge in [0.25, 0.3) is 0 Å². The van der Waals surface area contributed by atoms with Gasteiger partial charge in [-0.25, -0.2) is 9.59 Å². The summed E-state index contributed by atoms with van der Waals surface area (Å²) in [4.78, 5) is 28.2. The van der Waals surface area contributed by atoms with E-state index >= 15 is 0 Å². The van der Waals surface area contributed by atoms with Crippen molar-refractivity contribution in [3.8, 4) is 11.1 Å². The number of fused-ring (bicyclic) bond motifs is 2. The van der Waals surface area contributed by atoms with Crippen LogP contribution in [0, 0.1) is 10.8 Å². The largest absolute Gasteiger partial charge is 0.467 e. The molecule has 1 aliphatic carbocycles. The number of ether oxygens (including phenoxy) is 3. The molecule has 9 nitrogen and oxygen atoms in total. The maximum atomic E-state index is 13.0. The number of aliphatic hydroxyl groups excluding tert-OH is 1. The van der Waals surface area contributed by atoms with Crippen LogP contribution in [0.5, 0.6) is 0 Å². The number of hydrogen-bond donors (Lipinski definition) is 3. The first-order valence-corrected chi connectivity index (χ1v) is 19.6. The molecule has 3 aliphatic rings. The number of aliphatic hydroxyl groups is 1. The molecule has 2 bridgehead atoms. The van der Waals surface area contributed by atoms with E-state index < -0.39 is 24.3 Å². The molecule has 2 aliphatic heterocycles. The highest BCUT2D eigenvalue weighted by molar-refractivity contribution is 5.84. The van der Waals surface area contributed by atoms with Gasteiger partial charge in [-0.3, -0.25) is 4.90 Å². The Hall–Kier alpha value is -4.54. The van der Waals surface area contributed by atoms with E-state index in [4.69, 9.17) is 14.2 Å². The fourth-order valence-corrected chi connectivity index (χ4v) is 9.43. The third-order valence-electron chi connectivity index (χ3n) is 11.6. The highest BCUT2D eigenvalue weighted by Crippen LogP contribution is 2.53. The second-order valence-corrected chi connectivity index (χ2v) is 16.9. The molecular formula is C46H55N3O6. The van der Waals surface area contributed by atoms with Crippen molar-refractivity contribution in [2.45, 2.75) is 96.6 Å². The highest BCUT2D eigenvalue weighted by Gasteiger charge is 2.50. The van der Waals surface area contributed by atoms with Crippen LogP contribution in [0.15, 0.2) is 103 Å². The fraction of sp³-hybridized carbons (Fsp3) is 0.435. The van der Waals surface area contributed by atoms with Crippen LogP contribution in [-0.4, -0.2) is 60.4 Å². The number of urea groups is 1. The Bertz CT molecular complexity index is 1920. The summed E-state index contributed by atoms with van der Waals surface area (Å²) in [6, 6.07) is 33.2. The molecule has 4 aromatic rings. The van der Waals surface area contributed by atoms with Gasteiger partial charge >= 0.3 is 12.0 Å². The average Bonchev–Trinajstić information content (AvgIpc) is 3.43. The molecule has 0 spiro atoms. The minimum atomic E-state index is -0.816. The van der Waals surface area contributed by atoms with Gasteiger partial charge in [-0.1, -0.05) is 124 Å². The van der Waals surface area contributed by atoms with E-state index in [0.717, 1.165) is 58.5 Å². The van der Waals surface area contributed by atoms with E-state index in [0.29, 0.717) is 23.3 Å². The van der Waals surface area contributed by atoms with Gasteiger partial charge in [0.1, 0.15) is 6.04 Å². The van der Waals surface area contributed by atoms with Crippen LogP contribution >= 0.6 is 0 Å². The number of rotatable bonds is 12. The molecule has 290 valence electrons. The first-order chi connectivity index (χ1) is 26.5. The molecule has 6 atom stereocenters. The Morgan fingerprint density at radius 2 is 1.58 bits per heavy atom. The van der Waals surface area contributed by atoms with E-state index in [1.165, 1.54) is 26.4 Å². The summed E-state index contributed by atoms with van der Waals surface area (Å²) in [5.74, 6) is -0.500. The van der Waals surface area contributed by atoms with Crippen LogP contribution < -0.4 is 10.6 Å². The van der Waals surface area contributed by atoms with Crippen molar-refractivity contribution in [2.75, 3.05) is 20.2 Å². The number of amides is 2. The third kappa shape index (κ3) is 9.47. The molecule has 1 saturated carbocycles. The minimum Gasteiger partial charge on any atom is -0.467 e. The van der Waals surface area contributed by atoms with Crippen molar-refractivity contribution in [2.24, 2.45) is 10.8 Å².